The number of methoxy groups -OCH3 is 2. The molecule has 2 aromatic carbocycles. The SMILES string of the molecule is CNCc1cc2c(cc1OC)C(O)C(C1COc3ccc(OC4CCCC4)cc3C1O)C(CCCOC)O2. The van der Waals surface area contributed by atoms with Gasteiger partial charge < -0.3 is 39.2 Å². The van der Waals surface area contributed by atoms with Gasteiger partial charge in [-0.1, -0.05) is 0 Å². The molecule has 0 radical (unpaired) electrons. The highest BCUT2D eigenvalue weighted by molar-refractivity contribution is 5.49. The molecule has 0 aromatic heterocycles. The number of aliphatic hydroxyl groups is 2. The molecule has 208 valence electrons. The van der Waals surface area contributed by atoms with Gasteiger partial charge in [0.2, 0.25) is 0 Å². The van der Waals surface area contributed by atoms with Crippen LogP contribution in [0, 0.1) is 11.8 Å². The molecule has 1 fully saturated rings. The van der Waals surface area contributed by atoms with Gasteiger partial charge in [0, 0.05) is 48.8 Å². The van der Waals surface area contributed by atoms with Crippen molar-refractivity contribution in [2.45, 2.75) is 69.5 Å². The molecule has 2 aliphatic heterocycles. The van der Waals surface area contributed by atoms with E-state index >= 15 is 0 Å². The van der Waals surface area contributed by atoms with Gasteiger partial charge in [-0.15, -0.1) is 0 Å². The van der Waals surface area contributed by atoms with Crippen LogP contribution in [0.5, 0.6) is 23.0 Å². The Bertz CT molecular complexity index is 1090. The summed E-state index contributed by atoms with van der Waals surface area (Å²) in [4.78, 5) is 0. The van der Waals surface area contributed by atoms with E-state index in [1.54, 1.807) is 14.2 Å². The number of hydrogen-bond donors (Lipinski definition) is 3. The maximum atomic E-state index is 11.8. The fraction of sp³-hybridized carbons (Fsp3) is 0.600. The van der Waals surface area contributed by atoms with E-state index in [1.807, 2.05) is 37.4 Å². The molecule has 5 atom stereocenters. The van der Waals surface area contributed by atoms with Crippen LogP contribution in [0.15, 0.2) is 30.3 Å². The number of aliphatic hydroxyl groups excluding tert-OH is 2. The molecule has 3 aliphatic rings. The Morgan fingerprint density at radius 2 is 1.79 bits per heavy atom. The molecule has 5 rings (SSSR count). The van der Waals surface area contributed by atoms with Crippen molar-refractivity contribution >= 4 is 0 Å². The molecule has 2 heterocycles. The van der Waals surface area contributed by atoms with E-state index in [1.165, 1.54) is 12.8 Å². The van der Waals surface area contributed by atoms with E-state index < -0.39 is 12.2 Å². The summed E-state index contributed by atoms with van der Waals surface area (Å²) >= 11 is 0. The van der Waals surface area contributed by atoms with Gasteiger partial charge in [-0.05, 0) is 75.9 Å². The van der Waals surface area contributed by atoms with Crippen LogP contribution in [0.4, 0.5) is 0 Å². The fourth-order valence-corrected chi connectivity index (χ4v) is 6.30. The molecule has 8 nitrogen and oxygen atoms in total. The van der Waals surface area contributed by atoms with Gasteiger partial charge in [0.15, 0.2) is 0 Å². The van der Waals surface area contributed by atoms with Crippen LogP contribution in [0.3, 0.4) is 0 Å². The third-order valence-electron chi connectivity index (χ3n) is 8.24. The average Bonchev–Trinajstić information content (AvgIpc) is 3.43. The number of fused-ring (bicyclic) bond motifs is 2. The molecule has 0 saturated heterocycles. The molecule has 1 aliphatic carbocycles. The molecule has 8 heteroatoms. The summed E-state index contributed by atoms with van der Waals surface area (Å²) in [6, 6.07) is 9.52. The molecular formula is C30H41NO7. The zero-order valence-electron chi connectivity index (χ0n) is 22.7. The van der Waals surface area contributed by atoms with Crippen molar-refractivity contribution < 1.29 is 33.9 Å². The van der Waals surface area contributed by atoms with Crippen LogP contribution in [-0.2, 0) is 11.3 Å². The first-order valence-electron chi connectivity index (χ1n) is 13.8. The van der Waals surface area contributed by atoms with Crippen LogP contribution in [0.2, 0.25) is 0 Å². The summed E-state index contributed by atoms with van der Waals surface area (Å²) in [7, 11) is 5.19. The van der Waals surface area contributed by atoms with Gasteiger partial charge >= 0.3 is 0 Å². The number of ether oxygens (including phenoxy) is 5. The van der Waals surface area contributed by atoms with Gasteiger partial charge in [-0.3, -0.25) is 0 Å². The fourth-order valence-electron chi connectivity index (χ4n) is 6.30. The highest BCUT2D eigenvalue weighted by atomic mass is 16.5. The Hall–Kier alpha value is -2.52. The number of hydrogen-bond acceptors (Lipinski definition) is 8. The summed E-state index contributed by atoms with van der Waals surface area (Å²) in [5.74, 6) is 2.00. The molecule has 5 unspecified atom stereocenters. The largest absolute Gasteiger partial charge is 0.496 e. The van der Waals surface area contributed by atoms with Crippen LogP contribution >= 0.6 is 0 Å². The maximum absolute atomic E-state index is 11.8. The quantitative estimate of drug-likeness (QED) is 0.393. The minimum Gasteiger partial charge on any atom is -0.496 e. The highest BCUT2D eigenvalue weighted by Crippen LogP contribution is 2.50. The van der Waals surface area contributed by atoms with Crippen molar-refractivity contribution in [3.8, 4) is 23.0 Å². The molecule has 2 aromatic rings. The van der Waals surface area contributed by atoms with Crippen molar-refractivity contribution in [2.24, 2.45) is 11.8 Å². The second-order valence-electron chi connectivity index (χ2n) is 10.7. The minimum atomic E-state index is -0.855. The van der Waals surface area contributed by atoms with Crippen molar-refractivity contribution in [3.05, 3.63) is 47.0 Å². The number of benzene rings is 2. The lowest BCUT2D eigenvalue weighted by molar-refractivity contribution is -0.0888. The van der Waals surface area contributed by atoms with Crippen LogP contribution in [-0.4, -0.2) is 56.9 Å². The monoisotopic (exact) mass is 527 g/mol. The smallest absolute Gasteiger partial charge is 0.126 e. The number of nitrogens with one attached hydrogen (secondary N) is 1. The molecule has 0 spiro atoms. The summed E-state index contributed by atoms with van der Waals surface area (Å²) in [5.41, 5.74) is 2.33. The molecular weight excluding hydrogens is 486 g/mol. The zero-order chi connectivity index (χ0) is 26.6. The Morgan fingerprint density at radius 1 is 1.00 bits per heavy atom. The van der Waals surface area contributed by atoms with Crippen molar-refractivity contribution in [1.29, 1.82) is 0 Å². The second kappa shape index (κ2) is 12.1. The van der Waals surface area contributed by atoms with E-state index in [0.717, 1.165) is 30.6 Å². The first-order chi connectivity index (χ1) is 18.5. The molecule has 0 amide bonds. The summed E-state index contributed by atoms with van der Waals surface area (Å²) in [5, 5.41) is 26.6. The van der Waals surface area contributed by atoms with Gasteiger partial charge in [0.05, 0.1) is 32.0 Å². The minimum absolute atomic E-state index is 0.225. The van der Waals surface area contributed by atoms with Crippen molar-refractivity contribution in [1.82, 2.24) is 5.32 Å². The summed E-state index contributed by atoms with van der Waals surface area (Å²) in [6.07, 6.45) is 4.19. The predicted octanol–water partition coefficient (Wildman–Crippen LogP) is 4.32. The Labute approximate surface area is 225 Å². The van der Waals surface area contributed by atoms with E-state index in [-0.39, 0.29) is 30.7 Å². The normalized spacial score (nSPS) is 26.7. The lowest BCUT2D eigenvalue weighted by Gasteiger charge is -2.44. The molecule has 0 bridgehead atoms. The second-order valence-corrected chi connectivity index (χ2v) is 10.7. The van der Waals surface area contributed by atoms with Gasteiger partial charge in [-0.25, -0.2) is 0 Å². The van der Waals surface area contributed by atoms with E-state index in [4.69, 9.17) is 23.7 Å². The van der Waals surface area contributed by atoms with E-state index in [2.05, 4.69) is 5.32 Å². The average molecular weight is 528 g/mol. The molecule has 3 N–H and O–H groups in total. The summed E-state index contributed by atoms with van der Waals surface area (Å²) in [6.45, 7) is 1.50. The van der Waals surface area contributed by atoms with Crippen LogP contribution in [0.25, 0.3) is 0 Å². The highest BCUT2D eigenvalue weighted by Gasteiger charge is 2.47. The lowest BCUT2D eigenvalue weighted by atomic mass is 9.73. The molecule has 38 heavy (non-hydrogen) atoms. The lowest BCUT2D eigenvalue weighted by Crippen LogP contribution is -2.46. The topological polar surface area (TPSA) is 98.6 Å². The van der Waals surface area contributed by atoms with Gasteiger partial charge in [0.25, 0.3) is 0 Å². The first kappa shape index (κ1) is 27.1. The predicted molar refractivity (Wildman–Crippen MR) is 143 cm³/mol. The Morgan fingerprint density at radius 3 is 2.53 bits per heavy atom. The third-order valence-corrected chi connectivity index (χ3v) is 8.24. The first-order valence-corrected chi connectivity index (χ1v) is 13.8. The van der Waals surface area contributed by atoms with E-state index in [9.17, 15) is 10.2 Å². The Kier molecular flexibility index (Phi) is 8.63. The third kappa shape index (κ3) is 5.45. The van der Waals surface area contributed by atoms with Crippen LogP contribution < -0.4 is 24.3 Å². The van der Waals surface area contributed by atoms with Crippen molar-refractivity contribution in [3.63, 3.8) is 0 Å². The maximum Gasteiger partial charge on any atom is 0.126 e. The van der Waals surface area contributed by atoms with Crippen molar-refractivity contribution in [2.75, 3.05) is 34.5 Å². The zero-order valence-corrected chi connectivity index (χ0v) is 22.7. The summed E-state index contributed by atoms with van der Waals surface area (Å²) < 4.78 is 29.8. The standard InChI is InChI=1S/C30H41NO7/c1-31-16-18-13-27-22(15-26(18)35-3)30(33)28(25(38-27)9-6-12-34-2)23-17-36-24-11-10-20(14-21(24)29(23)32)37-19-7-4-5-8-19/h10-11,13-15,19,23,25,28-33H,4-9,12,16-17H2,1-3H3. The Balaban J connectivity index is 1.45. The van der Waals surface area contributed by atoms with Gasteiger partial charge in [-0.2, -0.15) is 0 Å². The number of rotatable bonds is 10. The van der Waals surface area contributed by atoms with Gasteiger partial charge in [0.1, 0.15) is 29.1 Å². The van der Waals surface area contributed by atoms with E-state index in [0.29, 0.717) is 47.9 Å². The molecule has 1 saturated carbocycles. The van der Waals surface area contributed by atoms with Crippen LogP contribution in [0.1, 0.15) is 67.4 Å².